The van der Waals surface area contributed by atoms with Gasteiger partial charge in [-0.3, -0.25) is 0 Å². The Hall–Kier alpha value is -0.690. The molecule has 2 rings (SSSR count). The molecule has 0 unspecified atom stereocenters. The van der Waals surface area contributed by atoms with Crippen molar-refractivity contribution in [1.29, 1.82) is 0 Å². The minimum Gasteiger partial charge on any atom is -0.326 e. The summed E-state index contributed by atoms with van der Waals surface area (Å²) in [4.78, 5) is -0.0678. The van der Waals surface area contributed by atoms with Crippen LogP contribution in [0.1, 0.15) is 31.2 Å². The first-order valence-electron chi connectivity index (χ1n) is 6.65. The quantitative estimate of drug-likeness (QED) is 0.930. The van der Waals surface area contributed by atoms with Gasteiger partial charge in [0, 0.05) is 19.6 Å². The van der Waals surface area contributed by atoms with Gasteiger partial charge in [-0.05, 0) is 30.5 Å². The average Bonchev–Trinajstić information content (AvgIpc) is 2.71. The van der Waals surface area contributed by atoms with Crippen molar-refractivity contribution in [3.05, 3.63) is 28.5 Å². The Balaban J connectivity index is 2.40. The van der Waals surface area contributed by atoms with E-state index in [1.165, 1.54) is 10.4 Å². The molecule has 0 spiro atoms. The standard InChI is InChI=1S/C13H18ClFN2O2S/c14-13-10(9-16)7-11(8-12(13)15)20(18,19)17-5-3-1-2-4-6-17/h7-8H,1-6,9,16H2. The maximum atomic E-state index is 13.7. The van der Waals surface area contributed by atoms with Gasteiger partial charge in [-0.25, -0.2) is 12.8 Å². The fourth-order valence-corrected chi connectivity index (χ4v) is 4.11. The van der Waals surface area contributed by atoms with Crippen LogP contribution in [0.2, 0.25) is 5.02 Å². The molecule has 1 aliphatic rings. The maximum Gasteiger partial charge on any atom is 0.243 e. The summed E-state index contributed by atoms with van der Waals surface area (Å²) in [5, 5.41) is -0.109. The molecule has 4 nitrogen and oxygen atoms in total. The third-order valence-electron chi connectivity index (χ3n) is 3.50. The third kappa shape index (κ3) is 3.14. The monoisotopic (exact) mass is 320 g/mol. The zero-order valence-electron chi connectivity index (χ0n) is 11.1. The molecule has 0 saturated carbocycles. The molecular weight excluding hydrogens is 303 g/mol. The van der Waals surface area contributed by atoms with Gasteiger partial charge in [0.15, 0.2) is 0 Å². The van der Waals surface area contributed by atoms with Crippen molar-refractivity contribution in [3.8, 4) is 0 Å². The molecule has 1 aliphatic heterocycles. The van der Waals surface area contributed by atoms with Crippen molar-refractivity contribution in [1.82, 2.24) is 4.31 Å². The van der Waals surface area contributed by atoms with Crippen molar-refractivity contribution in [2.24, 2.45) is 5.73 Å². The van der Waals surface area contributed by atoms with Gasteiger partial charge in [-0.15, -0.1) is 0 Å². The molecule has 1 aromatic carbocycles. The molecule has 1 heterocycles. The Bertz CT molecular complexity index is 584. The fourth-order valence-electron chi connectivity index (χ4n) is 2.35. The highest BCUT2D eigenvalue weighted by Crippen LogP contribution is 2.27. The van der Waals surface area contributed by atoms with Crippen LogP contribution in [-0.4, -0.2) is 25.8 Å². The van der Waals surface area contributed by atoms with E-state index in [1.54, 1.807) is 0 Å². The van der Waals surface area contributed by atoms with Gasteiger partial charge in [0.1, 0.15) is 5.82 Å². The van der Waals surface area contributed by atoms with E-state index >= 15 is 0 Å². The highest BCUT2D eigenvalue weighted by molar-refractivity contribution is 7.89. The van der Waals surface area contributed by atoms with Crippen LogP contribution in [0, 0.1) is 5.82 Å². The van der Waals surface area contributed by atoms with Gasteiger partial charge in [0.05, 0.1) is 9.92 Å². The lowest BCUT2D eigenvalue weighted by Crippen LogP contribution is -2.32. The molecule has 7 heteroatoms. The first-order valence-corrected chi connectivity index (χ1v) is 8.46. The van der Waals surface area contributed by atoms with Gasteiger partial charge >= 0.3 is 0 Å². The number of hydrogen-bond donors (Lipinski definition) is 1. The zero-order valence-corrected chi connectivity index (χ0v) is 12.7. The summed E-state index contributed by atoms with van der Waals surface area (Å²) in [6.45, 7) is 0.953. The smallest absolute Gasteiger partial charge is 0.243 e. The van der Waals surface area contributed by atoms with Crippen molar-refractivity contribution < 1.29 is 12.8 Å². The molecule has 1 aromatic rings. The Morgan fingerprint density at radius 3 is 2.35 bits per heavy atom. The zero-order chi connectivity index (χ0) is 14.8. The molecule has 0 aliphatic carbocycles. The molecule has 0 aromatic heterocycles. The molecular formula is C13H18ClFN2O2S. The Morgan fingerprint density at radius 1 is 1.20 bits per heavy atom. The number of nitrogens with two attached hydrogens (primary N) is 1. The van der Waals surface area contributed by atoms with Gasteiger partial charge < -0.3 is 5.73 Å². The molecule has 1 saturated heterocycles. The van der Waals surface area contributed by atoms with E-state index in [0.29, 0.717) is 18.7 Å². The lowest BCUT2D eigenvalue weighted by atomic mass is 10.2. The van der Waals surface area contributed by atoms with E-state index < -0.39 is 15.8 Å². The maximum absolute atomic E-state index is 13.7. The van der Waals surface area contributed by atoms with E-state index in [4.69, 9.17) is 17.3 Å². The lowest BCUT2D eigenvalue weighted by Gasteiger charge is -2.20. The summed E-state index contributed by atoms with van der Waals surface area (Å²) < 4.78 is 40.2. The number of rotatable bonds is 3. The van der Waals surface area contributed by atoms with Crippen LogP contribution in [0.4, 0.5) is 4.39 Å². The first-order chi connectivity index (χ1) is 9.46. The van der Waals surface area contributed by atoms with Crippen LogP contribution in [0.25, 0.3) is 0 Å². The minimum atomic E-state index is -3.68. The molecule has 2 N–H and O–H groups in total. The highest BCUT2D eigenvalue weighted by atomic mass is 35.5. The Labute approximate surface area is 123 Å². The van der Waals surface area contributed by atoms with Crippen molar-refractivity contribution in [2.45, 2.75) is 37.1 Å². The predicted octanol–water partition coefficient (Wildman–Crippen LogP) is 2.50. The van der Waals surface area contributed by atoms with Crippen LogP contribution >= 0.6 is 11.6 Å². The first kappa shape index (κ1) is 15.7. The van der Waals surface area contributed by atoms with Crippen molar-refractivity contribution in [3.63, 3.8) is 0 Å². The molecule has 0 bridgehead atoms. The van der Waals surface area contributed by atoms with Gasteiger partial charge in [0.25, 0.3) is 0 Å². The highest BCUT2D eigenvalue weighted by Gasteiger charge is 2.26. The summed E-state index contributed by atoms with van der Waals surface area (Å²) in [7, 11) is -3.68. The average molecular weight is 321 g/mol. The van der Waals surface area contributed by atoms with E-state index in [1.807, 2.05) is 0 Å². The van der Waals surface area contributed by atoms with Crippen LogP contribution in [0.3, 0.4) is 0 Å². The minimum absolute atomic E-state index is 0.000880. The van der Waals surface area contributed by atoms with Gasteiger partial charge in [-0.1, -0.05) is 24.4 Å². The molecule has 0 atom stereocenters. The molecule has 0 radical (unpaired) electrons. The largest absolute Gasteiger partial charge is 0.326 e. The Kier molecular flexibility index (Phi) is 5.01. The van der Waals surface area contributed by atoms with Crippen LogP contribution in [-0.2, 0) is 16.6 Å². The number of sulfonamides is 1. The summed E-state index contributed by atoms with van der Waals surface area (Å²) >= 11 is 5.76. The summed E-state index contributed by atoms with van der Waals surface area (Å²) in [6, 6.07) is 2.34. The second kappa shape index (κ2) is 6.39. The second-order valence-corrected chi connectivity index (χ2v) is 7.22. The second-order valence-electron chi connectivity index (χ2n) is 4.90. The van der Waals surface area contributed by atoms with Gasteiger partial charge in [-0.2, -0.15) is 4.31 Å². The van der Waals surface area contributed by atoms with Gasteiger partial charge in [0.2, 0.25) is 10.0 Å². The summed E-state index contributed by atoms with van der Waals surface area (Å²) in [5.74, 6) is -0.747. The molecule has 1 fully saturated rings. The van der Waals surface area contributed by atoms with Crippen LogP contribution in [0.15, 0.2) is 17.0 Å². The number of hydrogen-bond acceptors (Lipinski definition) is 3. The summed E-state index contributed by atoms with van der Waals surface area (Å²) in [6.07, 6.45) is 3.71. The SMILES string of the molecule is NCc1cc(S(=O)(=O)N2CCCCCC2)cc(F)c1Cl. The number of nitrogens with zero attached hydrogens (tertiary/aromatic N) is 1. The Morgan fingerprint density at radius 2 is 1.80 bits per heavy atom. The lowest BCUT2D eigenvalue weighted by molar-refractivity contribution is 0.423. The molecule has 112 valence electrons. The van der Waals surface area contributed by atoms with Crippen molar-refractivity contribution in [2.75, 3.05) is 13.1 Å². The number of benzene rings is 1. The van der Waals surface area contributed by atoms with E-state index in [-0.39, 0.29) is 16.5 Å². The van der Waals surface area contributed by atoms with Crippen LogP contribution < -0.4 is 5.73 Å². The number of halogens is 2. The van der Waals surface area contributed by atoms with E-state index in [9.17, 15) is 12.8 Å². The topological polar surface area (TPSA) is 63.4 Å². The molecule has 20 heavy (non-hydrogen) atoms. The predicted molar refractivity (Wildman–Crippen MR) is 76.5 cm³/mol. The fraction of sp³-hybridized carbons (Fsp3) is 0.538. The molecule has 0 amide bonds. The summed E-state index contributed by atoms with van der Waals surface area (Å²) in [5.41, 5.74) is 5.78. The van der Waals surface area contributed by atoms with Crippen molar-refractivity contribution >= 4 is 21.6 Å². The normalized spacial score (nSPS) is 17.9. The van der Waals surface area contributed by atoms with E-state index in [0.717, 1.165) is 31.7 Å². The van der Waals surface area contributed by atoms with Crippen LogP contribution in [0.5, 0.6) is 0 Å². The van der Waals surface area contributed by atoms with E-state index in [2.05, 4.69) is 0 Å². The third-order valence-corrected chi connectivity index (χ3v) is 5.80.